The topological polar surface area (TPSA) is 49.4 Å². The summed E-state index contributed by atoms with van der Waals surface area (Å²) in [6.07, 6.45) is 1.92. The van der Waals surface area contributed by atoms with Gasteiger partial charge in [-0.05, 0) is 52.5 Å². The molecule has 2 aromatic carbocycles. The van der Waals surface area contributed by atoms with E-state index in [0.717, 1.165) is 11.0 Å². The van der Waals surface area contributed by atoms with Crippen molar-refractivity contribution >= 4 is 45.2 Å². The van der Waals surface area contributed by atoms with Gasteiger partial charge in [-0.15, -0.1) is 11.8 Å². The normalized spacial score (nSPS) is 10.3. The molecule has 126 valence electrons. The van der Waals surface area contributed by atoms with Crippen LogP contribution in [0.3, 0.4) is 0 Å². The lowest BCUT2D eigenvalue weighted by atomic mass is 10.2. The molecule has 2 amide bonds. The van der Waals surface area contributed by atoms with Gasteiger partial charge in [0.1, 0.15) is 5.82 Å². The van der Waals surface area contributed by atoms with E-state index < -0.39 is 11.7 Å². The third-order valence-electron chi connectivity index (χ3n) is 3.27. The molecule has 0 bridgehead atoms. The summed E-state index contributed by atoms with van der Waals surface area (Å²) in [7, 11) is 1.50. The zero-order valence-corrected chi connectivity index (χ0v) is 15.6. The van der Waals surface area contributed by atoms with Gasteiger partial charge >= 0.3 is 0 Å². The van der Waals surface area contributed by atoms with Gasteiger partial charge in [0.15, 0.2) is 0 Å². The van der Waals surface area contributed by atoms with Crippen LogP contribution in [0.2, 0.25) is 0 Å². The predicted octanol–water partition coefficient (Wildman–Crippen LogP) is 4.02. The molecule has 1 N–H and O–H groups in total. The molecule has 7 heteroatoms. The minimum absolute atomic E-state index is 0.134. The van der Waals surface area contributed by atoms with E-state index in [4.69, 9.17) is 0 Å². The van der Waals surface area contributed by atoms with Crippen LogP contribution in [0.15, 0.2) is 51.8 Å². The number of para-hydroxylation sites is 1. The molecule has 0 aliphatic carbocycles. The molecule has 0 unspecified atom stereocenters. The molecule has 0 saturated carbocycles. The number of likely N-dealkylation sites (N-methyl/N-ethyl adjacent to an activating group) is 1. The van der Waals surface area contributed by atoms with Crippen molar-refractivity contribution in [3.63, 3.8) is 0 Å². The van der Waals surface area contributed by atoms with Crippen LogP contribution < -0.4 is 5.32 Å². The lowest BCUT2D eigenvalue weighted by Crippen LogP contribution is -2.35. The summed E-state index contributed by atoms with van der Waals surface area (Å²) in [5.41, 5.74) is 0.873. The van der Waals surface area contributed by atoms with Crippen molar-refractivity contribution in [2.24, 2.45) is 0 Å². The van der Waals surface area contributed by atoms with E-state index in [0.29, 0.717) is 10.2 Å². The average molecular weight is 411 g/mol. The Labute approximate surface area is 152 Å². The summed E-state index contributed by atoms with van der Waals surface area (Å²) in [6.45, 7) is -0.134. The number of nitrogens with zero attached hydrogens (tertiary/aromatic N) is 1. The molecular formula is C17H16BrFN2O2S. The number of amides is 2. The molecule has 0 atom stereocenters. The van der Waals surface area contributed by atoms with E-state index in [-0.39, 0.29) is 18.0 Å². The monoisotopic (exact) mass is 410 g/mol. The van der Waals surface area contributed by atoms with E-state index in [1.807, 2.05) is 24.5 Å². The number of carbonyl (C=O) groups excluding carboxylic acids is 2. The fourth-order valence-electron chi connectivity index (χ4n) is 2.09. The first-order valence-electron chi connectivity index (χ1n) is 7.05. The van der Waals surface area contributed by atoms with Gasteiger partial charge in [-0.1, -0.05) is 12.1 Å². The molecule has 0 heterocycles. The smallest absolute Gasteiger partial charge is 0.255 e. The molecule has 0 aromatic heterocycles. The molecule has 0 fully saturated rings. The lowest BCUT2D eigenvalue weighted by Gasteiger charge is -2.18. The number of carbonyl (C=O) groups is 2. The highest BCUT2D eigenvalue weighted by atomic mass is 79.9. The van der Waals surface area contributed by atoms with E-state index in [9.17, 15) is 14.0 Å². The van der Waals surface area contributed by atoms with Crippen molar-refractivity contribution in [1.82, 2.24) is 4.90 Å². The molecule has 0 aliphatic rings. The maximum atomic E-state index is 13.3. The van der Waals surface area contributed by atoms with Crippen LogP contribution in [0.5, 0.6) is 0 Å². The number of hydrogen-bond acceptors (Lipinski definition) is 3. The first-order chi connectivity index (χ1) is 11.4. The molecule has 0 spiro atoms. The highest BCUT2D eigenvalue weighted by Gasteiger charge is 2.18. The van der Waals surface area contributed by atoms with Crippen molar-refractivity contribution in [1.29, 1.82) is 0 Å². The minimum Gasteiger partial charge on any atom is -0.332 e. The van der Waals surface area contributed by atoms with Crippen LogP contribution in [0.25, 0.3) is 0 Å². The Bertz CT molecular complexity index is 770. The molecule has 0 aliphatic heterocycles. The third kappa shape index (κ3) is 4.58. The first-order valence-corrected chi connectivity index (χ1v) is 9.07. The van der Waals surface area contributed by atoms with Gasteiger partial charge in [0.2, 0.25) is 5.91 Å². The Balaban J connectivity index is 2.06. The fourth-order valence-corrected chi connectivity index (χ4v) is 3.06. The van der Waals surface area contributed by atoms with Gasteiger partial charge in [0.05, 0.1) is 17.8 Å². The lowest BCUT2D eigenvalue weighted by molar-refractivity contribution is -0.116. The fraction of sp³-hybridized carbons (Fsp3) is 0.176. The Morgan fingerprint density at radius 2 is 1.96 bits per heavy atom. The summed E-state index contributed by atoms with van der Waals surface area (Å²) >= 11 is 4.74. The van der Waals surface area contributed by atoms with Crippen molar-refractivity contribution in [2.45, 2.75) is 4.90 Å². The van der Waals surface area contributed by atoms with E-state index in [1.165, 1.54) is 35.8 Å². The van der Waals surface area contributed by atoms with Crippen LogP contribution in [0.4, 0.5) is 10.1 Å². The molecule has 2 rings (SSSR count). The Morgan fingerprint density at radius 1 is 1.25 bits per heavy atom. The van der Waals surface area contributed by atoms with Crippen LogP contribution in [0, 0.1) is 5.82 Å². The zero-order chi connectivity index (χ0) is 17.7. The number of benzene rings is 2. The Morgan fingerprint density at radius 3 is 2.67 bits per heavy atom. The number of nitrogens with one attached hydrogen (secondary N) is 1. The molecule has 2 aromatic rings. The highest BCUT2D eigenvalue weighted by molar-refractivity contribution is 9.10. The highest BCUT2D eigenvalue weighted by Crippen LogP contribution is 2.24. The number of hydrogen-bond donors (Lipinski definition) is 1. The Kier molecular flexibility index (Phi) is 6.39. The van der Waals surface area contributed by atoms with Crippen molar-refractivity contribution in [2.75, 3.05) is 25.2 Å². The maximum Gasteiger partial charge on any atom is 0.255 e. The van der Waals surface area contributed by atoms with Gasteiger partial charge in [-0.3, -0.25) is 9.59 Å². The van der Waals surface area contributed by atoms with Crippen molar-refractivity contribution in [3.8, 4) is 0 Å². The van der Waals surface area contributed by atoms with E-state index >= 15 is 0 Å². The Hall–Kier alpha value is -1.86. The van der Waals surface area contributed by atoms with E-state index in [1.54, 1.807) is 6.07 Å². The summed E-state index contributed by atoms with van der Waals surface area (Å²) in [5, 5.41) is 2.79. The van der Waals surface area contributed by atoms with Gasteiger partial charge in [0.25, 0.3) is 5.91 Å². The molecule has 0 saturated heterocycles. The summed E-state index contributed by atoms with van der Waals surface area (Å²) in [5.74, 6) is -1.26. The molecule has 4 nitrogen and oxygen atoms in total. The first kappa shape index (κ1) is 18.5. The second-order valence-electron chi connectivity index (χ2n) is 5.03. The van der Waals surface area contributed by atoms with Crippen LogP contribution >= 0.6 is 27.7 Å². The molecule has 0 radical (unpaired) electrons. The van der Waals surface area contributed by atoms with Crippen LogP contribution in [-0.2, 0) is 4.79 Å². The molecular weight excluding hydrogens is 395 g/mol. The van der Waals surface area contributed by atoms with Gasteiger partial charge in [0, 0.05) is 16.4 Å². The SMILES string of the molecule is CSc1ccccc1NC(=O)CN(C)C(=O)c1cc(F)ccc1Br. The van der Waals surface area contributed by atoms with Crippen molar-refractivity contribution < 1.29 is 14.0 Å². The maximum absolute atomic E-state index is 13.3. The predicted molar refractivity (Wildman–Crippen MR) is 97.9 cm³/mol. The largest absolute Gasteiger partial charge is 0.332 e. The zero-order valence-electron chi connectivity index (χ0n) is 13.2. The van der Waals surface area contributed by atoms with Gasteiger partial charge in [-0.2, -0.15) is 0 Å². The second kappa shape index (κ2) is 8.30. The second-order valence-corrected chi connectivity index (χ2v) is 6.74. The summed E-state index contributed by atoms with van der Waals surface area (Å²) in [6, 6.07) is 11.3. The van der Waals surface area contributed by atoms with E-state index in [2.05, 4.69) is 21.2 Å². The average Bonchev–Trinajstić information content (AvgIpc) is 2.56. The minimum atomic E-state index is -0.506. The van der Waals surface area contributed by atoms with Gasteiger partial charge < -0.3 is 10.2 Å². The summed E-state index contributed by atoms with van der Waals surface area (Å²) < 4.78 is 13.8. The number of halogens is 2. The third-order valence-corrected chi connectivity index (χ3v) is 4.75. The number of thioether (sulfide) groups is 1. The quantitative estimate of drug-likeness (QED) is 0.757. The van der Waals surface area contributed by atoms with Crippen LogP contribution in [-0.4, -0.2) is 36.6 Å². The standard InChI is InChI=1S/C17H16BrFN2O2S/c1-21(17(23)12-9-11(19)7-8-13(12)18)10-16(22)20-14-5-3-4-6-15(14)24-2/h3-9H,10H2,1-2H3,(H,20,22). The van der Waals surface area contributed by atoms with Gasteiger partial charge in [-0.25, -0.2) is 4.39 Å². The molecule has 24 heavy (non-hydrogen) atoms. The summed E-state index contributed by atoms with van der Waals surface area (Å²) in [4.78, 5) is 26.7. The van der Waals surface area contributed by atoms with Crippen LogP contribution in [0.1, 0.15) is 10.4 Å². The van der Waals surface area contributed by atoms with Crippen molar-refractivity contribution in [3.05, 3.63) is 58.3 Å². The number of anilines is 1. The number of rotatable bonds is 5.